The summed E-state index contributed by atoms with van der Waals surface area (Å²) in [6.07, 6.45) is 3.35. The van der Waals surface area contributed by atoms with Gasteiger partial charge in [0.15, 0.2) is 12.4 Å². The highest BCUT2D eigenvalue weighted by Gasteiger charge is 2.12. The van der Waals surface area contributed by atoms with Gasteiger partial charge in [-0.25, -0.2) is 4.79 Å². The van der Waals surface area contributed by atoms with Crippen LogP contribution in [0, 0.1) is 20.8 Å². The Morgan fingerprint density at radius 3 is 2.32 bits per heavy atom. The van der Waals surface area contributed by atoms with Gasteiger partial charge in [0.1, 0.15) is 0 Å². The molecule has 0 aliphatic carbocycles. The van der Waals surface area contributed by atoms with E-state index in [0.29, 0.717) is 24.2 Å². The van der Waals surface area contributed by atoms with E-state index in [1.807, 2.05) is 25.5 Å². The van der Waals surface area contributed by atoms with Crippen molar-refractivity contribution in [2.75, 3.05) is 11.9 Å². The molecule has 0 unspecified atom stereocenters. The molecule has 0 saturated carbocycles. The summed E-state index contributed by atoms with van der Waals surface area (Å²) in [7, 11) is 0. The molecule has 7 heteroatoms. The molecule has 0 spiro atoms. The van der Waals surface area contributed by atoms with Gasteiger partial charge in [0.25, 0.3) is 0 Å². The number of amides is 1. The van der Waals surface area contributed by atoms with Crippen LogP contribution < -0.4 is 5.32 Å². The van der Waals surface area contributed by atoms with Gasteiger partial charge in [-0.15, -0.1) is 0 Å². The number of carbonyl (C=O) groups excluding carboxylic acids is 3. The zero-order valence-electron chi connectivity index (χ0n) is 19.9. The van der Waals surface area contributed by atoms with Gasteiger partial charge in [0, 0.05) is 35.0 Å². The maximum Gasteiger partial charge on any atom is 0.331 e. The highest BCUT2D eigenvalue weighted by atomic mass is 16.5. The summed E-state index contributed by atoms with van der Waals surface area (Å²) in [5.74, 6) is -1.04. The first kappa shape index (κ1) is 24.6. The standard InChI is InChI=1S/C27H29N3O4/c1-5-26(32)28-23-12-10-22(11-13-23)25(31)17-34-27(33)15-14-24-19(3)29-30(20(24)4)16-21-8-6-18(2)7-9-21/h6-15H,5,16-17H2,1-4H3,(H,28,32)/b15-14+. The van der Waals surface area contributed by atoms with Crippen molar-refractivity contribution in [3.8, 4) is 0 Å². The molecule has 0 atom stereocenters. The van der Waals surface area contributed by atoms with Crippen LogP contribution in [-0.4, -0.2) is 34.0 Å². The van der Waals surface area contributed by atoms with E-state index in [1.54, 1.807) is 37.3 Å². The lowest BCUT2D eigenvalue weighted by Crippen LogP contribution is -2.13. The minimum absolute atomic E-state index is 0.106. The van der Waals surface area contributed by atoms with E-state index in [-0.39, 0.29) is 18.3 Å². The van der Waals surface area contributed by atoms with Crippen molar-refractivity contribution in [1.82, 2.24) is 9.78 Å². The van der Waals surface area contributed by atoms with Crippen LogP contribution in [0.1, 0.15) is 51.8 Å². The van der Waals surface area contributed by atoms with Gasteiger partial charge in [0.05, 0.1) is 12.2 Å². The zero-order chi connectivity index (χ0) is 24.7. The third kappa shape index (κ3) is 6.51. The first-order valence-corrected chi connectivity index (χ1v) is 11.1. The molecule has 34 heavy (non-hydrogen) atoms. The number of nitrogens with one attached hydrogen (secondary N) is 1. The number of hydrogen-bond acceptors (Lipinski definition) is 5. The van der Waals surface area contributed by atoms with Crippen molar-refractivity contribution in [1.29, 1.82) is 0 Å². The normalized spacial score (nSPS) is 10.9. The Balaban J connectivity index is 1.56. The number of carbonyl (C=O) groups is 3. The van der Waals surface area contributed by atoms with E-state index in [1.165, 1.54) is 11.6 Å². The Labute approximate surface area is 199 Å². The fourth-order valence-electron chi connectivity index (χ4n) is 3.38. The first-order chi connectivity index (χ1) is 16.3. The van der Waals surface area contributed by atoms with E-state index in [0.717, 1.165) is 22.5 Å². The number of benzene rings is 2. The molecule has 0 bridgehead atoms. The summed E-state index contributed by atoms with van der Waals surface area (Å²) in [6, 6.07) is 14.7. The molecule has 0 aliphatic heterocycles. The second-order valence-electron chi connectivity index (χ2n) is 8.07. The van der Waals surface area contributed by atoms with Crippen LogP contribution in [0.25, 0.3) is 6.08 Å². The highest BCUT2D eigenvalue weighted by Crippen LogP contribution is 2.17. The van der Waals surface area contributed by atoms with Gasteiger partial charge < -0.3 is 10.1 Å². The Morgan fingerprint density at radius 1 is 1.00 bits per heavy atom. The van der Waals surface area contributed by atoms with E-state index in [4.69, 9.17) is 4.74 Å². The summed E-state index contributed by atoms with van der Waals surface area (Å²) in [6.45, 7) is 7.92. The molecule has 176 valence electrons. The Kier molecular flexibility index (Phi) is 8.14. The predicted octanol–water partition coefficient (Wildman–Crippen LogP) is 4.64. The van der Waals surface area contributed by atoms with Crippen LogP contribution in [-0.2, 0) is 20.9 Å². The van der Waals surface area contributed by atoms with Gasteiger partial charge in [0.2, 0.25) is 5.91 Å². The smallest absolute Gasteiger partial charge is 0.331 e. The minimum Gasteiger partial charge on any atom is -0.454 e. The summed E-state index contributed by atoms with van der Waals surface area (Å²) in [5.41, 5.74) is 5.95. The van der Waals surface area contributed by atoms with Crippen molar-refractivity contribution in [3.05, 3.63) is 88.2 Å². The number of hydrogen-bond donors (Lipinski definition) is 1. The quantitative estimate of drug-likeness (QED) is 0.286. The molecule has 7 nitrogen and oxygen atoms in total. The highest BCUT2D eigenvalue weighted by molar-refractivity contribution is 5.99. The van der Waals surface area contributed by atoms with Crippen LogP contribution in [0.2, 0.25) is 0 Å². The number of ether oxygens (including phenoxy) is 1. The third-order valence-electron chi connectivity index (χ3n) is 5.43. The van der Waals surface area contributed by atoms with E-state index in [2.05, 4.69) is 34.7 Å². The first-order valence-electron chi connectivity index (χ1n) is 11.1. The molecular formula is C27H29N3O4. The summed E-state index contributed by atoms with van der Waals surface area (Å²) < 4.78 is 7.02. The largest absolute Gasteiger partial charge is 0.454 e. The Hall–Kier alpha value is -4.00. The van der Waals surface area contributed by atoms with Crippen molar-refractivity contribution in [3.63, 3.8) is 0 Å². The van der Waals surface area contributed by atoms with E-state index < -0.39 is 5.97 Å². The maximum absolute atomic E-state index is 12.3. The average Bonchev–Trinajstić information content (AvgIpc) is 3.09. The molecule has 1 amide bonds. The molecule has 0 aliphatic rings. The lowest BCUT2D eigenvalue weighted by Gasteiger charge is -2.06. The number of anilines is 1. The molecule has 1 heterocycles. The van der Waals surface area contributed by atoms with Gasteiger partial charge in [-0.3, -0.25) is 14.3 Å². The van der Waals surface area contributed by atoms with Crippen LogP contribution >= 0.6 is 0 Å². The molecule has 2 aromatic carbocycles. The number of aryl methyl sites for hydroxylation is 2. The fraction of sp³-hybridized carbons (Fsp3) is 0.259. The molecule has 0 fully saturated rings. The predicted molar refractivity (Wildman–Crippen MR) is 132 cm³/mol. The number of rotatable bonds is 9. The SMILES string of the molecule is CCC(=O)Nc1ccc(C(=O)COC(=O)/C=C/c2c(C)nn(Cc3ccc(C)cc3)c2C)cc1. The second kappa shape index (κ2) is 11.2. The number of ketones is 1. The Morgan fingerprint density at radius 2 is 1.68 bits per heavy atom. The molecular weight excluding hydrogens is 430 g/mol. The Bertz CT molecular complexity index is 1210. The molecule has 1 aromatic heterocycles. The third-order valence-corrected chi connectivity index (χ3v) is 5.43. The van der Waals surface area contributed by atoms with Gasteiger partial charge >= 0.3 is 5.97 Å². The van der Waals surface area contributed by atoms with E-state index >= 15 is 0 Å². The molecule has 0 radical (unpaired) electrons. The molecule has 3 aromatic rings. The number of aromatic nitrogens is 2. The zero-order valence-corrected chi connectivity index (χ0v) is 19.9. The number of nitrogens with zero attached hydrogens (tertiary/aromatic N) is 2. The summed E-state index contributed by atoms with van der Waals surface area (Å²) in [5, 5.41) is 7.30. The van der Waals surface area contributed by atoms with Crippen LogP contribution in [0.3, 0.4) is 0 Å². The van der Waals surface area contributed by atoms with E-state index in [9.17, 15) is 14.4 Å². The van der Waals surface area contributed by atoms with Crippen molar-refractivity contribution < 1.29 is 19.1 Å². The fourth-order valence-corrected chi connectivity index (χ4v) is 3.38. The number of Topliss-reactive ketones (excluding diaryl/α,β-unsaturated/α-hetero) is 1. The van der Waals surface area contributed by atoms with Crippen molar-refractivity contribution >= 4 is 29.4 Å². The molecule has 0 saturated heterocycles. The van der Waals surface area contributed by atoms with Gasteiger partial charge in [-0.2, -0.15) is 5.10 Å². The van der Waals surface area contributed by atoms with Crippen molar-refractivity contribution in [2.45, 2.75) is 40.7 Å². The van der Waals surface area contributed by atoms with Gasteiger partial charge in [-0.05, 0) is 56.7 Å². The monoisotopic (exact) mass is 459 g/mol. The lowest BCUT2D eigenvalue weighted by molar-refractivity contribution is -0.136. The molecule has 1 N–H and O–H groups in total. The summed E-state index contributed by atoms with van der Waals surface area (Å²) >= 11 is 0. The molecule has 3 rings (SSSR count). The van der Waals surface area contributed by atoms with Crippen molar-refractivity contribution in [2.24, 2.45) is 0 Å². The second-order valence-corrected chi connectivity index (χ2v) is 8.07. The van der Waals surface area contributed by atoms with Crippen LogP contribution in [0.5, 0.6) is 0 Å². The van der Waals surface area contributed by atoms with Crippen LogP contribution in [0.4, 0.5) is 5.69 Å². The van der Waals surface area contributed by atoms with Crippen LogP contribution in [0.15, 0.2) is 54.6 Å². The number of esters is 1. The minimum atomic E-state index is -0.606. The lowest BCUT2D eigenvalue weighted by atomic mass is 10.1. The van der Waals surface area contributed by atoms with Gasteiger partial charge in [-0.1, -0.05) is 36.8 Å². The summed E-state index contributed by atoms with van der Waals surface area (Å²) in [4.78, 5) is 35.9. The average molecular weight is 460 g/mol. The maximum atomic E-state index is 12.3. The topological polar surface area (TPSA) is 90.3 Å².